The molecule has 0 aliphatic carbocycles. The maximum absolute atomic E-state index is 8.76. The molecule has 1 aromatic carbocycles. The molecule has 1 aliphatic heterocycles. The van der Waals surface area contributed by atoms with Crippen molar-refractivity contribution in [2.75, 3.05) is 11.5 Å². The maximum atomic E-state index is 8.76. The van der Waals surface area contributed by atoms with Crippen LogP contribution in [0.1, 0.15) is 12.8 Å². The van der Waals surface area contributed by atoms with Gasteiger partial charge in [-0.2, -0.15) is 0 Å². The first-order valence-electron chi connectivity index (χ1n) is 5.51. The van der Waals surface area contributed by atoms with Crippen LogP contribution < -0.4 is 0 Å². The summed E-state index contributed by atoms with van der Waals surface area (Å²) in [6, 6.07) is 10.2. The van der Waals surface area contributed by atoms with Crippen LogP contribution in [0.3, 0.4) is 0 Å². The molecule has 0 spiro atoms. The summed E-state index contributed by atoms with van der Waals surface area (Å²) in [6.07, 6.45) is 6.18. The van der Waals surface area contributed by atoms with Crippen LogP contribution in [0.4, 0.5) is 0 Å². The Labute approximate surface area is 117 Å². The van der Waals surface area contributed by atoms with E-state index in [0.29, 0.717) is 0 Å². The molecule has 1 N–H and O–H groups in total. The molecule has 4 heteroatoms. The second-order valence-corrected chi connectivity index (χ2v) is 5.54. The summed E-state index contributed by atoms with van der Waals surface area (Å²) in [6.45, 7) is 0. The Hall–Kier alpha value is -0.597. The molecule has 2 nitrogen and oxygen atoms in total. The molecule has 1 fully saturated rings. The summed E-state index contributed by atoms with van der Waals surface area (Å²) >= 11 is 0. The molecule has 0 atom stereocenters. The van der Waals surface area contributed by atoms with E-state index in [4.69, 9.17) is 4.21 Å². The number of aromatic nitrogens is 1. The van der Waals surface area contributed by atoms with E-state index in [1.807, 2.05) is 30.6 Å². The zero-order valence-electron chi connectivity index (χ0n) is 9.53. The maximum Gasteiger partial charge on any atom is 3.00 e. The first-order valence-corrected chi connectivity index (χ1v) is 7.03. The van der Waals surface area contributed by atoms with Crippen LogP contribution >= 0.6 is 0 Å². The molecule has 1 aliphatic rings. The number of rotatable bonds is 0. The van der Waals surface area contributed by atoms with Crippen LogP contribution in [0.5, 0.6) is 0 Å². The number of nitrogens with zero attached hydrogens (tertiary/aromatic N) is 1. The second kappa shape index (κ2) is 7.68. The van der Waals surface area contributed by atoms with Gasteiger partial charge in [0.2, 0.25) is 0 Å². The molecule has 3 rings (SSSR count). The van der Waals surface area contributed by atoms with Gasteiger partial charge in [0.15, 0.2) is 10.8 Å². The molecule has 89 valence electrons. The van der Waals surface area contributed by atoms with Gasteiger partial charge >= 0.3 is 19.5 Å². The Morgan fingerprint density at radius 3 is 2.18 bits per heavy atom. The van der Waals surface area contributed by atoms with E-state index in [9.17, 15) is 0 Å². The van der Waals surface area contributed by atoms with Crippen molar-refractivity contribution in [3.8, 4) is 0 Å². The topological polar surface area (TPSA) is 34.3 Å². The summed E-state index contributed by atoms with van der Waals surface area (Å²) in [7, 11) is -0.173. The van der Waals surface area contributed by atoms with E-state index in [1.165, 1.54) is 23.6 Å². The van der Waals surface area contributed by atoms with Crippen molar-refractivity contribution >= 4 is 21.6 Å². The van der Waals surface area contributed by atoms with Crippen molar-refractivity contribution in [2.24, 2.45) is 0 Å². The van der Waals surface area contributed by atoms with Gasteiger partial charge in [-0.3, -0.25) is 9.19 Å². The number of hydrogen-bond acceptors (Lipinski definition) is 1. The molecule has 17 heavy (non-hydrogen) atoms. The molecule has 0 unspecified atom stereocenters. The molecule has 1 radical (unpaired) electrons. The quantitative estimate of drug-likeness (QED) is 0.538. The fraction of sp³-hybridized carbons (Fsp3) is 0.308. The summed E-state index contributed by atoms with van der Waals surface area (Å²) < 4.78 is 8.76. The van der Waals surface area contributed by atoms with Crippen molar-refractivity contribution < 1.29 is 23.7 Å². The molecular formula is C13H16NORuS+4. The van der Waals surface area contributed by atoms with E-state index in [1.54, 1.807) is 0 Å². The summed E-state index contributed by atoms with van der Waals surface area (Å²) in [4.78, 5) is 4.01. The third-order valence-electron chi connectivity index (χ3n) is 2.56. The number of pyridine rings is 1. The average Bonchev–Trinajstić information content (AvgIpc) is 2.81. The van der Waals surface area contributed by atoms with E-state index in [0.717, 1.165) is 11.5 Å². The van der Waals surface area contributed by atoms with Gasteiger partial charge in [-0.05, 0) is 29.7 Å². The average molecular weight is 335 g/mol. The normalized spacial score (nSPS) is 14.8. The van der Waals surface area contributed by atoms with Gasteiger partial charge in [-0.1, -0.05) is 24.3 Å². The first kappa shape index (κ1) is 14.5. The largest absolute Gasteiger partial charge is 3.00 e. The Balaban J connectivity index is 0.000000180. The number of fused-ring (bicyclic) bond motifs is 1. The molecule has 1 aromatic heterocycles. The van der Waals surface area contributed by atoms with Gasteiger partial charge < -0.3 is 0 Å². The van der Waals surface area contributed by atoms with Crippen molar-refractivity contribution in [3.05, 3.63) is 42.7 Å². The second-order valence-electron chi connectivity index (χ2n) is 3.80. The molecule has 1 saturated heterocycles. The molecule has 0 amide bonds. The van der Waals surface area contributed by atoms with Gasteiger partial charge in [0.25, 0.3) is 0 Å². The van der Waals surface area contributed by atoms with Crippen LogP contribution in [-0.4, -0.2) is 20.7 Å². The zero-order valence-corrected chi connectivity index (χ0v) is 12.1. The smallest absolute Gasteiger partial charge is 0.264 e. The van der Waals surface area contributed by atoms with Crippen molar-refractivity contribution in [1.29, 1.82) is 0 Å². The Morgan fingerprint density at radius 2 is 1.65 bits per heavy atom. The van der Waals surface area contributed by atoms with Gasteiger partial charge in [-0.15, -0.1) is 0 Å². The minimum atomic E-state index is -0.173. The summed E-state index contributed by atoms with van der Waals surface area (Å²) in [5.41, 5.74) is 0. The van der Waals surface area contributed by atoms with Crippen LogP contribution in [0, 0.1) is 0 Å². The third kappa shape index (κ3) is 4.65. The first-order chi connectivity index (χ1) is 7.86. The van der Waals surface area contributed by atoms with Gasteiger partial charge in [0, 0.05) is 12.4 Å². The third-order valence-corrected chi connectivity index (χ3v) is 4.08. The van der Waals surface area contributed by atoms with Crippen LogP contribution in [-0.2, 0) is 30.3 Å². The molecule has 0 bridgehead atoms. The van der Waals surface area contributed by atoms with E-state index in [-0.39, 0.29) is 30.3 Å². The Kier molecular flexibility index (Phi) is 6.53. The molecule has 2 heterocycles. The van der Waals surface area contributed by atoms with E-state index < -0.39 is 0 Å². The molecule has 0 saturated carbocycles. The van der Waals surface area contributed by atoms with Crippen LogP contribution in [0.15, 0.2) is 42.7 Å². The van der Waals surface area contributed by atoms with Crippen molar-refractivity contribution in [2.45, 2.75) is 12.8 Å². The van der Waals surface area contributed by atoms with Gasteiger partial charge in [0.05, 0.1) is 11.5 Å². The molecular weight excluding hydrogens is 319 g/mol. The summed E-state index contributed by atoms with van der Waals surface area (Å²) in [5, 5.41) is 2.45. The fourth-order valence-electron chi connectivity index (χ4n) is 1.67. The van der Waals surface area contributed by atoms with Crippen molar-refractivity contribution in [3.63, 3.8) is 0 Å². The minimum Gasteiger partial charge on any atom is -0.264 e. The SMILES string of the molecule is [OH+]=S1CCCC1.[Ru+3].c1ccc2cnccc2c1. The summed E-state index contributed by atoms with van der Waals surface area (Å²) in [5.74, 6) is 2.14. The Bertz CT molecular complexity index is 416. The predicted octanol–water partition coefficient (Wildman–Crippen LogP) is 2.92. The standard InChI is InChI=1S/C9H7N.C4H8OS.Ru/c1-2-4-9-7-10-6-5-8(9)3-1;5-6-3-1-2-4-6;/h1-7H;1-4H2;/q;;+3/p+1. The fourth-order valence-corrected chi connectivity index (χ4v) is 2.95. The van der Waals surface area contributed by atoms with Crippen LogP contribution in [0.25, 0.3) is 10.8 Å². The zero-order chi connectivity index (χ0) is 11.2. The minimum absolute atomic E-state index is 0. The number of benzene rings is 1. The van der Waals surface area contributed by atoms with E-state index in [2.05, 4.69) is 17.1 Å². The van der Waals surface area contributed by atoms with E-state index >= 15 is 0 Å². The van der Waals surface area contributed by atoms with Crippen LogP contribution in [0.2, 0.25) is 0 Å². The van der Waals surface area contributed by atoms with Gasteiger partial charge in [-0.25, -0.2) is 0 Å². The Morgan fingerprint density at radius 1 is 1.00 bits per heavy atom. The molecule has 2 aromatic rings. The number of hydrogen-bond donors (Lipinski definition) is 0. The van der Waals surface area contributed by atoms with Crippen molar-refractivity contribution in [1.82, 2.24) is 4.98 Å². The monoisotopic (exact) mass is 336 g/mol. The van der Waals surface area contributed by atoms with Gasteiger partial charge in [0.1, 0.15) is 0 Å². The predicted molar refractivity (Wildman–Crippen MR) is 70.0 cm³/mol.